The van der Waals surface area contributed by atoms with Crippen molar-refractivity contribution in [1.29, 1.82) is 0 Å². The van der Waals surface area contributed by atoms with Gasteiger partial charge >= 0.3 is 0 Å². The normalized spacial score (nSPS) is 8.83. The van der Waals surface area contributed by atoms with Gasteiger partial charge in [-0.15, -0.1) is 0 Å². The highest BCUT2D eigenvalue weighted by Gasteiger charge is 2.04. The standard InChI is InChI=1S/C11H13N3.2C2H6/c1-7-5-13-6-9-10(12-3)4-8(2)14-11(7)9;2*1-2/h4-6H,1-3H3,(H,12,14);2*1-2H3. The summed E-state index contributed by atoms with van der Waals surface area (Å²) in [6.07, 6.45) is 3.69. The molecule has 0 unspecified atom stereocenters. The topological polar surface area (TPSA) is 37.8 Å². The van der Waals surface area contributed by atoms with E-state index in [0.29, 0.717) is 0 Å². The second-order valence-corrected chi connectivity index (χ2v) is 3.41. The number of rotatable bonds is 1. The number of hydrogen-bond acceptors (Lipinski definition) is 3. The average molecular weight is 247 g/mol. The fourth-order valence-corrected chi connectivity index (χ4v) is 1.61. The van der Waals surface area contributed by atoms with E-state index in [2.05, 4.69) is 15.3 Å². The second-order valence-electron chi connectivity index (χ2n) is 3.41. The van der Waals surface area contributed by atoms with Gasteiger partial charge in [-0.2, -0.15) is 0 Å². The number of fused-ring (bicyclic) bond motifs is 1. The first-order valence-corrected chi connectivity index (χ1v) is 6.62. The molecule has 3 nitrogen and oxygen atoms in total. The maximum atomic E-state index is 4.50. The van der Waals surface area contributed by atoms with E-state index in [-0.39, 0.29) is 0 Å². The van der Waals surface area contributed by atoms with Crippen LogP contribution in [0.25, 0.3) is 10.9 Å². The summed E-state index contributed by atoms with van der Waals surface area (Å²) in [7, 11) is 1.91. The predicted molar refractivity (Wildman–Crippen MR) is 81.3 cm³/mol. The minimum atomic E-state index is 1.02. The van der Waals surface area contributed by atoms with Crippen LogP contribution in [0.2, 0.25) is 0 Å². The number of aromatic nitrogens is 2. The summed E-state index contributed by atoms with van der Waals surface area (Å²) >= 11 is 0. The van der Waals surface area contributed by atoms with E-state index in [4.69, 9.17) is 0 Å². The molecule has 2 aromatic heterocycles. The van der Waals surface area contributed by atoms with E-state index in [1.54, 1.807) is 0 Å². The minimum Gasteiger partial charge on any atom is -0.387 e. The fraction of sp³-hybridized carbons (Fsp3) is 0.467. The molecule has 2 heterocycles. The third-order valence-corrected chi connectivity index (χ3v) is 2.30. The molecule has 0 saturated heterocycles. The number of nitrogens with one attached hydrogen (secondary N) is 1. The summed E-state index contributed by atoms with van der Waals surface area (Å²) in [5.74, 6) is 0. The molecule has 0 aromatic carbocycles. The number of anilines is 1. The lowest BCUT2D eigenvalue weighted by molar-refractivity contribution is 1.21. The van der Waals surface area contributed by atoms with Crippen molar-refractivity contribution in [1.82, 2.24) is 9.97 Å². The Morgan fingerprint density at radius 1 is 1.00 bits per heavy atom. The smallest absolute Gasteiger partial charge is 0.0785 e. The van der Waals surface area contributed by atoms with Crippen LogP contribution in [-0.2, 0) is 0 Å². The van der Waals surface area contributed by atoms with Crippen LogP contribution in [0.3, 0.4) is 0 Å². The van der Waals surface area contributed by atoms with Crippen molar-refractivity contribution in [3.63, 3.8) is 0 Å². The summed E-state index contributed by atoms with van der Waals surface area (Å²) < 4.78 is 0. The summed E-state index contributed by atoms with van der Waals surface area (Å²) in [6, 6.07) is 2.03. The van der Waals surface area contributed by atoms with Crippen LogP contribution in [0.15, 0.2) is 18.5 Å². The maximum absolute atomic E-state index is 4.50. The summed E-state index contributed by atoms with van der Waals surface area (Å²) in [4.78, 5) is 8.67. The molecule has 0 fully saturated rings. The van der Waals surface area contributed by atoms with E-state index in [1.807, 2.05) is 67.1 Å². The molecule has 0 aliphatic heterocycles. The average Bonchev–Trinajstić information content (AvgIpc) is 2.43. The van der Waals surface area contributed by atoms with Crippen LogP contribution in [0.1, 0.15) is 39.0 Å². The molecular weight excluding hydrogens is 222 g/mol. The van der Waals surface area contributed by atoms with E-state index in [1.165, 1.54) is 0 Å². The van der Waals surface area contributed by atoms with Crippen molar-refractivity contribution in [3.8, 4) is 0 Å². The van der Waals surface area contributed by atoms with Gasteiger partial charge in [0, 0.05) is 36.2 Å². The van der Waals surface area contributed by atoms with Crippen molar-refractivity contribution >= 4 is 16.6 Å². The lowest BCUT2D eigenvalue weighted by atomic mass is 10.1. The molecule has 0 radical (unpaired) electrons. The van der Waals surface area contributed by atoms with Gasteiger partial charge in [0.2, 0.25) is 0 Å². The van der Waals surface area contributed by atoms with Gasteiger partial charge in [0.05, 0.1) is 5.52 Å². The molecule has 2 aromatic rings. The quantitative estimate of drug-likeness (QED) is 0.814. The molecule has 18 heavy (non-hydrogen) atoms. The minimum absolute atomic E-state index is 1.02. The van der Waals surface area contributed by atoms with E-state index in [0.717, 1.165) is 27.8 Å². The monoisotopic (exact) mass is 247 g/mol. The highest BCUT2D eigenvalue weighted by atomic mass is 14.8. The van der Waals surface area contributed by atoms with Crippen LogP contribution in [-0.4, -0.2) is 17.0 Å². The number of aryl methyl sites for hydroxylation is 2. The van der Waals surface area contributed by atoms with Gasteiger partial charge < -0.3 is 5.32 Å². The Morgan fingerprint density at radius 3 is 2.17 bits per heavy atom. The van der Waals surface area contributed by atoms with Crippen molar-refractivity contribution in [3.05, 3.63) is 29.7 Å². The molecule has 2 rings (SSSR count). The summed E-state index contributed by atoms with van der Waals surface area (Å²) in [5.41, 5.74) is 4.26. The first-order valence-electron chi connectivity index (χ1n) is 6.62. The zero-order chi connectivity index (χ0) is 14.1. The first-order chi connectivity index (χ1) is 8.72. The molecule has 0 atom stereocenters. The van der Waals surface area contributed by atoms with Crippen molar-refractivity contribution in [2.45, 2.75) is 41.5 Å². The Kier molecular flexibility index (Phi) is 7.68. The Balaban J connectivity index is 0.000000659. The second kappa shape index (κ2) is 8.45. The summed E-state index contributed by atoms with van der Waals surface area (Å²) in [5, 5.41) is 4.24. The maximum Gasteiger partial charge on any atom is 0.0785 e. The Morgan fingerprint density at radius 2 is 1.61 bits per heavy atom. The molecule has 3 heteroatoms. The molecule has 0 spiro atoms. The van der Waals surface area contributed by atoms with Gasteiger partial charge in [0.25, 0.3) is 0 Å². The van der Waals surface area contributed by atoms with Gasteiger partial charge in [0.1, 0.15) is 0 Å². The van der Waals surface area contributed by atoms with Gasteiger partial charge in [0.15, 0.2) is 0 Å². The van der Waals surface area contributed by atoms with Crippen molar-refractivity contribution in [2.24, 2.45) is 0 Å². The van der Waals surface area contributed by atoms with Crippen LogP contribution < -0.4 is 5.32 Å². The van der Waals surface area contributed by atoms with Crippen LogP contribution in [0, 0.1) is 13.8 Å². The summed E-state index contributed by atoms with van der Waals surface area (Å²) in [6.45, 7) is 12.0. The number of pyridine rings is 2. The fourth-order valence-electron chi connectivity index (χ4n) is 1.61. The Labute approximate surface area is 111 Å². The Hall–Kier alpha value is -1.64. The highest BCUT2D eigenvalue weighted by molar-refractivity contribution is 5.92. The number of hydrogen-bond donors (Lipinski definition) is 1. The molecule has 0 aliphatic carbocycles. The lowest BCUT2D eigenvalue weighted by Gasteiger charge is -2.07. The largest absolute Gasteiger partial charge is 0.387 e. The molecule has 0 amide bonds. The molecule has 1 N–H and O–H groups in total. The van der Waals surface area contributed by atoms with Crippen LogP contribution >= 0.6 is 0 Å². The third kappa shape index (κ3) is 3.69. The molecule has 0 aliphatic rings. The van der Waals surface area contributed by atoms with Crippen LogP contribution in [0.4, 0.5) is 5.69 Å². The van der Waals surface area contributed by atoms with Gasteiger partial charge in [-0.25, -0.2) is 0 Å². The number of nitrogens with zero attached hydrogens (tertiary/aromatic N) is 2. The predicted octanol–water partition coefficient (Wildman–Crippen LogP) is 4.34. The molecular formula is C15H25N3. The molecule has 100 valence electrons. The third-order valence-electron chi connectivity index (χ3n) is 2.30. The van der Waals surface area contributed by atoms with Gasteiger partial charge in [-0.1, -0.05) is 27.7 Å². The highest BCUT2D eigenvalue weighted by Crippen LogP contribution is 2.23. The van der Waals surface area contributed by atoms with Crippen LogP contribution in [0.5, 0.6) is 0 Å². The van der Waals surface area contributed by atoms with Gasteiger partial charge in [-0.05, 0) is 25.5 Å². The zero-order valence-corrected chi connectivity index (χ0v) is 12.6. The molecule has 0 bridgehead atoms. The van der Waals surface area contributed by atoms with Crippen molar-refractivity contribution in [2.75, 3.05) is 12.4 Å². The SMILES string of the molecule is CC.CC.CNc1cc(C)nc2c(C)cncc12. The van der Waals surface area contributed by atoms with E-state index >= 15 is 0 Å². The molecule has 0 saturated carbocycles. The zero-order valence-electron chi connectivity index (χ0n) is 12.6. The Bertz CT molecular complexity index is 478. The van der Waals surface area contributed by atoms with Crippen molar-refractivity contribution < 1.29 is 0 Å². The first kappa shape index (κ1) is 16.4. The van der Waals surface area contributed by atoms with E-state index < -0.39 is 0 Å². The van der Waals surface area contributed by atoms with E-state index in [9.17, 15) is 0 Å². The lowest BCUT2D eigenvalue weighted by Crippen LogP contribution is -1.95. The van der Waals surface area contributed by atoms with Gasteiger partial charge in [-0.3, -0.25) is 9.97 Å².